The minimum absolute atomic E-state index is 0.589. The lowest BCUT2D eigenvalue weighted by atomic mass is 10.0. The fraction of sp³-hybridized carbons (Fsp3) is 0.714. The molecule has 1 aromatic heterocycles. The van der Waals surface area contributed by atoms with E-state index >= 15 is 0 Å². The van der Waals surface area contributed by atoms with Crippen molar-refractivity contribution in [2.75, 3.05) is 6.54 Å². The zero-order valence-corrected chi connectivity index (χ0v) is 11.7. The Hall–Kier alpha value is -0.340. The maximum atomic E-state index is 3.63. The van der Waals surface area contributed by atoms with Crippen molar-refractivity contribution in [1.82, 2.24) is 5.32 Å². The third-order valence-corrected chi connectivity index (χ3v) is 4.10. The van der Waals surface area contributed by atoms with E-state index in [0.29, 0.717) is 6.04 Å². The van der Waals surface area contributed by atoms with Crippen LogP contribution in [0.2, 0.25) is 0 Å². The van der Waals surface area contributed by atoms with Gasteiger partial charge in [-0.3, -0.25) is 0 Å². The molecular formula is C14H25NS. The molecule has 0 amide bonds. The van der Waals surface area contributed by atoms with E-state index in [1.807, 2.05) is 11.3 Å². The molecule has 1 aromatic rings. The van der Waals surface area contributed by atoms with Gasteiger partial charge in [-0.2, -0.15) is 0 Å². The predicted octanol–water partition coefficient (Wildman–Crippen LogP) is 4.54. The molecule has 0 aliphatic rings. The number of aryl methyl sites for hydroxylation is 1. The standard InChI is InChI=1S/C14H25NS/c1-4-7-8-9-13(15-6-3)14-12(5-2)10-11-16-14/h10-11,13,15H,4-9H2,1-3H3. The van der Waals surface area contributed by atoms with Crippen molar-refractivity contribution >= 4 is 11.3 Å². The van der Waals surface area contributed by atoms with Crippen molar-refractivity contribution in [2.45, 2.75) is 58.9 Å². The first-order valence-electron chi connectivity index (χ1n) is 6.63. The van der Waals surface area contributed by atoms with Crippen LogP contribution in [-0.2, 0) is 6.42 Å². The minimum Gasteiger partial charge on any atom is -0.310 e. The van der Waals surface area contributed by atoms with Crippen LogP contribution in [-0.4, -0.2) is 6.54 Å². The van der Waals surface area contributed by atoms with Gasteiger partial charge in [-0.05, 0) is 36.4 Å². The largest absolute Gasteiger partial charge is 0.310 e. The number of hydrogen-bond acceptors (Lipinski definition) is 2. The molecule has 0 bridgehead atoms. The predicted molar refractivity (Wildman–Crippen MR) is 74.3 cm³/mol. The van der Waals surface area contributed by atoms with Crippen molar-refractivity contribution in [2.24, 2.45) is 0 Å². The second kappa shape index (κ2) is 7.86. The van der Waals surface area contributed by atoms with E-state index < -0.39 is 0 Å². The average Bonchev–Trinajstić information content (AvgIpc) is 2.76. The van der Waals surface area contributed by atoms with Gasteiger partial charge in [-0.1, -0.05) is 40.0 Å². The van der Waals surface area contributed by atoms with Crippen LogP contribution in [0.4, 0.5) is 0 Å². The summed E-state index contributed by atoms with van der Waals surface area (Å²) in [6.45, 7) is 7.79. The summed E-state index contributed by atoms with van der Waals surface area (Å²) >= 11 is 1.92. The van der Waals surface area contributed by atoms with E-state index in [0.717, 1.165) is 13.0 Å². The van der Waals surface area contributed by atoms with Gasteiger partial charge in [-0.25, -0.2) is 0 Å². The number of hydrogen-bond donors (Lipinski definition) is 1. The third kappa shape index (κ3) is 3.91. The lowest BCUT2D eigenvalue weighted by Crippen LogP contribution is -2.20. The summed E-state index contributed by atoms with van der Waals surface area (Å²) in [5.41, 5.74) is 1.53. The summed E-state index contributed by atoms with van der Waals surface area (Å²) < 4.78 is 0. The average molecular weight is 239 g/mol. The van der Waals surface area contributed by atoms with Crippen molar-refractivity contribution in [1.29, 1.82) is 0 Å². The van der Waals surface area contributed by atoms with Crippen LogP contribution in [0.5, 0.6) is 0 Å². The summed E-state index contributed by atoms with van der Waals surface area (Å²) in [5.74, 6) is 0. The lowest BCUT2D eigenvalue weighted by molar-refractivity contribution is 0.490. The van der Waals surface area contributed by atoms with Gasteiger partial charge in [0, 0.05) is 10.9 Å². The van der Waals surface area contributed by atoms with Gasteiger partial charge in [0.15, 0.2) is 0 Å². The molecule has 0 saturated heterocycles. The summed E-state index contributed by atoms with van der Waals surface area (Å²) in [5, 5.41) is 5.86. The highest BCUT2D eigenvalue weighted by molar-refractivity contribution is 7.10. The fourth-order valence-electron chi connectivity index (χ4n) is 2.12. The minimum atomic E-state index is 0.589. The van der Waals surface area contributed by atoms with Gasteiger partial charge < -0.3 is 5.32 Å². The Labute approximate surface area is 104 Å². The molecular weight excluding hydrogens is 214 g/mol. The van der Waals surface area contributed by atoms with Crippen LogP contribution in [0.3, 0.4) is 0 Å². The molecule has 1 N–H and O–H groups in total. The summed E-state index contributed by atoms with van der Waals surface area (Å²) in [6, 6.07) is 2.87. The highest BCUT2D eigenvalue weighted by Crippen LogP contribution is 2.28. The molecule has 1 atom stereocenters. The second-order valence-electron chi connectivity index (χ2n) is 4.27. The summed E-state index contributed by atoms with van der Waals surface area (Å²) in [6.07, 6.45) is 6.46. The molecule has 0 saturated carbocycles. The number of rotatable bonds is 8. The topological polar surface area (TPSA) is 12.0 Å². The van der Waals surface area contributed by atoms with Gasteiger partial charge in [0.25, 0.3) is 0 Å². The van der Waals surface area contributed by atoms with Gasteiger partial charge in [0.1, 0.15) is 0 Å². The Morgan fingerprint density at radius 2 is 2.06 bits per heavy atom. The third-order valence-electron chi connectivity index (χ3n) is 3.02. The van der Waals surface area contributed by atoms with Crippen LogP contribution in [0, 0.1) is 0 Å². The SMILES string of the molecule is CCCCCC(NCC)c1sccc1CC. The van der Waals surface area contributed by atoms with E-state index in [9.17, 15) is 0 Å². The lowest BCUT2D eigenvalue weighted by Gasteiger charge is -2.18. The van der Waals surface area contributed by atoms with Crippen molar-refractivity contribution in [3.8, 4) is 0 Å². The first-order chi connectivity index (χ1) is 7.83. The number of unbranched alkanes of at least 4 members (excludes halogenated alkanes) is 2. The molecule has 1 rings (SSSR count). The molecule has 1 heterocycles. The van der Waals surface area contributed by atoms with Crippen molar-refractivity contribution < 1.29 is 0 Å². The monoisotopic (exact) mass is 239 g/mol. The molecule has 0 radical (unpaired) electrons. The molecule has 0 spiro atoms. The van der Waals surface area contributed by atoms with E-state index in [-0.39, 0.29) is 0 Å². The van der Waals surface area contributed by atoms with E-state index in [1.165, 1.54) is 31.2 Å². The van der Waals surface area contributed by atoms with E-state index in [4.69, 9.17) is 0 Å². The quantitative estimate of drug-likeness (QED) is 0.657. The highest BCUT2D eigenvalue weighted by Gasteiger charge is 2.14. The molecule has 0 aromatic carbocycles. The molecule has 2 heteroatoms. The maximum Gasteiger partial charge on any atom is 0.0417 e. The molecule has 92 valence electrons. The Kier molecular flexibility index (Phi) is 6.74. The van der Waals surface area contributed by atoms with Gasteiger partial charge in [0.05, 0.1) is 0 Å². The van der Waals surface area contributed by atoms with Crippen LogP contribution < -0.4 is 5.32 Å². The fourth-order valence-corrected chi connectivity index (χ4v) is 3.22. The number of thiophene rings is 1. The van der Waals surface area contributed by atoms with E-state index in [1.54, 1.807) is 4.88 Å². The van der Waals surface area contributed by atoms with Gasteiger partial charge >= 0.3 is 0 Å². The highest BCUT2D eigenvalue weighted by atomic mass is 32.1. The normalized spacial score (nSPS) is 12.9. The molecule has 0 aliphatic heterocycles. The second-order valence-corrected chi connectivity index (χ2v) is 5.22. The van der Waals surface area contributed by atoms with Gasteiger partial charge in [0.2, 0.25) is 0 Å². The number of nitrogens with one attached hydrogen (secondary N) is 1. The van der Waals surface area contributed by atoms with Crippen molar-refractivity contribution in [3.63, 3.8) is 0 Å². The maximum absolute atomic E-state index is 3.63. The Morgan fingerprint density at radius 1 is 1.25 bits per heavy atom. The van der Waals surface area contributed by atoms with Crippen LogP contribution >= 0.6 is 11.3 Å². The van der Waals surface area contributed by atoms with E-state index in [2.05, 4.69) is 37.5 Å². The molecule has 1 nitrogen and oxygen atoms in total. The van der Waals surface area contributed by atoms with Crippen LogP contribution in [0.1, 0.15) is 62.9 Å². The Balaban J connectivity index is 2.61. The Morgan fingerprint density at radius 3 is 2.69 bits per heavy atom. The van der Waals surface area contributed by atoms with Crippen molar-refractivity contribution in [3.05, 3.63) is 21.9 Å². The smallest absolute Gasteiger partial charge is 0.0417 e. The zero-order chi connectivity index (χ0) is 11.8. The zero-order valence-electron chi connectivity index (χ0n) is 10.9. The first-order valence-corrected chi connectivity index (χ1v) is 7.51. The van der Waals surface area contributed by atoms with Gasteiger partial charge in [-0.15, -0.1) is 11.3 Å². The Bertz CT molecular complexity index is 280. The molecule has 16 heavy (non-hydrogen) atoms. The summed E-state index contributed by atoms with van der Waals surface area (Å²) in [7, 11) is 0. The first kappa shape index (κ1) is 13.7. The summed E-state index contributed by atoms with van der Waals surface area (Å²) in [4.78, 5) is 1.57. The molecule has 1 unspecified atom stereocenters. The molecule has 0 aliphatic carbocycles. The van der Waals surface area contributed by atoms with Crippen LogP contribution in [0.25, 0.3) is 0 Å². The molecule has 0 fully saturated rings. The van der Waals surface area contributed by atoms with Crippen LogP contribution in [0.15, 0.2) is 11.4 Å².